The summed E-state index contributed by atoms with van der Waals surface area (Å²) in [7, 11) is 1.71. The van der Waals surface area contributed by atoms with Gasteiger partial charge in [-0.25, -0.2) is 4.39 Å². The van der Waals surface area contributed by atoms with E-state index in [0.29, 0.717) is 0 Å². The number of benzene rings is 2. The molecule has 2 aromatic rings. The summed E-state index contributed by atoms with van der Waals surface area (Å²) in [6.45, 7) is 3.01. The molecule has 0 aromatic heterocycles. The average Bonchev–Trinajstić information content (AvgIpc) is 2.53. The van der Waals surface area contributed by atoms with E-state index in [2.05, 4.69) is 24.4 Å². The maximum atomic E-state index is 13.2. The van der Waals surface area contributed by atoms with Crippen LogP contribution in [0.1, 0.15) is 36.6 Å². The molecule has 0 radical (unpaired) electrons. The fourth-order valence-electron chi connectivity index (χ4n) is 2.48. The van der Waals surface area contributed by atoms with Crippen LogP contribution in [-0.4, -0.2) is 13.7 Å². The zero-order valence-electron chi connectivity index (χ0n) is 12.6. The Balaban J connectivity index is 2.31. The minimum absolute atomic E-state index is 0.00190. The van der Waals surface area contributed by atoms with Crippen molar-refractivity contribution in [3.8, 4) is 0 Å². The van der Waals surface area contributed by atoms with Crippen LogP contribution in [0.3, 0.4) is 0 Å². The van der Waals surface area contributed by atoms with Gasteiger partial charge in [0, 0.05) is 7.11 Å². The molecule has 0 fully saturated rings. The highest BCUT2D eigenvalue weighted by molar-refractivity contribution is 5.26. The molecule has 2 unspecified atom stereocenters. The number of rotatable bonds is 7. The lowest BCUT2D eigenvalue weighted by Gasteiger charge is -2.28. The predicted molar refractivity (Wildman–Crippen MR) is 83.6 cm³/mol. The molecule has 2 nitrogen and oxygen atoms in total. The zero-order valence-corrected chi connectivity index (χ0v) is 12.6. The normalized spacial score (nSPS) is 13.9. The molecule has 2 aromatic carbocycles. The van der Waals surface area contributed by atoms with Gasteiger partial charge in [0.15, 0.2) is 0 Å². The Bertz CT molecular complexity index is 527. The molecule has 0 aliphatic carbocycles. The third-order valence-electron chi connectivity index (χ3n) is 3.53. The second-order valence-corrected chi connectivity index (χ2v) is 5.05. The standard InChI is InChI=1S/C18H22FNO/c1-3-13-20-17(14-9-11-16(19)12-10-14)18(21-2)15-7-5-4-6-8-15/h4-12,17-18,20H,3,13H2,1-2H3. The summed E-state index contributed by atoms with van der Waals surface area (Å²) >= 11 is 0. The van der Waals surface area contributed by atoms with Crippen molar-refractivity contribution in [3.63, 3.8) is 0 Å². The zero-order chi connectivity index (χ0) is 15.1. The van der Waals surface area contributed by atoms with Gasteiger partial charge in [-0.15, -0.1) is 0 Å². The molecule has 0 saturated carbocycles. The maximum absolute atomic E-state index is 13.2. The number of methoxy groups -OCH3 is 1. The summed E-state index contributed by atoms with van der Waals surface area (Å²) in [6.07, 6.45) is 0.923. The van der Waals surface area contributed by atoms with E-state index < -0.39 is 0 Å². The summed E-state index contributed by atoms with van der Waals surface area (Å²) in [5.41, 5.74) is 2.14. The number of ether oxygens (including phenoxy) is 1. The molecular weight excluding hydrogens is 265 g/mol. The Kier molecular flexibility index (Phi) is 5.90. The molecule has 0 aliphatic rings. The van der Waals surface area contributed by atoms with Gasteiger partial charge in [0.25, 0.3) is 0 Å². The van der Waals surface area contributed by atoms with Crippen molar-refractivity contribution in [1.82, 2.24) is 5.32 Å². The topological polar surface area (TPSA) is 21.3 Å². The molecule has 3 heteroatoms. The van der Waals surface area contributed by atoms with Crippen LogP contribution in [0.15, 0.2) is 54.6 Å². The lowest BCUT2D eigenvalue weighted by molar-refractivity contribution is 0.0676. The van der Waals surface area contributed by atoms with Crippen LogP contribution >= 0.6 is 0 Å². The Morgan fingerprint density at radius 2 is 1.67 bits per heavy atom. The van der Waals surface area contributed by atoms with E-state index in [1.165, 1.54) is 12.1 Å². The SMILES string of the molecule is CCCNC(c1ccc(F)cc1)C(OC)c1ccccc1. The molecule has 2 atom stereocenters. The fourth-order valence-corrected chi connectivity index (χ4v) is 2.48. The van der Waals surface area contributed by atoms with Crippen LogP contribution in [0.5, 0.6) is 0 Å². The Morgan fingerprint density at radius 3 is 2.24 bits per heavy atom. The van der Waals surface area contributed by atoms with Gasteiger partial charge in [0.05, 0.1) is 6.04 Å². The minimum Gasteiger partial charge on any atom is -0.375 e. The quantitative estimate of drug-likeness (QED) is 0.822. The first-order valence-electron chi connectivity index (χ1n) is 7.33. The third kappa shape index (κ3) is 4.13. The van der Waals surface area contributed by atoms with E-state index in [1.807, 2.05) is 30.3 Å². The van der Waals surface area contributed by atoms with Gasteiger partial charge in [0.1, 0.15) is 11.9 Å². The van der Waals surface area contributed by atoms with E-state index in [0.717, 1.165) is 24.1 Å². The largest absolute Gasteiger partial charge is 0.375 e. The Labute approximate surface area is 126 Å². The second kappa shape index (κ2) is 7.91. The highest BCUT2D eigenvalue weighted by Gasteiger charge is 2.24. The van der Waals surface area contributed by atoms with Crippen LogP contribution in [-0.2, 0) is 4.74 Å². The molecule has 112 valence electrons. The van der Waals surface area contributed by atoms with E-state index in [1.54, 1.807) is 7.11 Å². The molecule has 0 bridgehead atoms. The van der Waals surface area contributed by atoms with Crippen molar-refractivity contribution in [3.05, 3.63) is 71.5 Å². The van der Waals surface area contributed by atoms with Gasteiger partial charge >= 0.3 is 0 Å². The summed E-state index contributed by atoms with van der Waals surface area (Å²) in [6, 6.07) is 16.7. The number of halogens is 1. The predicted octanol–water partition coefficient (Wildman–Crippen LogP) is 4.25. The summed E-state index contributed by atoms with van der Waals surface area (Å²) < 4.78 is 18.9. The van der Waals surface area contributed by atoms with Crippen LogP contribution in [0.25, 0.3) is 0 Å². The van der Waals surface area contributed by atoms with Crippen molar-refractivity contribution in [2.75, 3.05) is 13.7 Å². The molecule has 0 spiro atoms. The Hall–Kier alpha value is -1.71. The highest BCUT2D eigenvalue weighted by atomic mass is 19.1. The van der Waals surface area contributed by atoms with Crippen LogP contribution in [0.2, 0.25) is 0 Å². The maximum Gasteiger partial charge on any atom is 0.123 e. The molecule has 0 aliphatic heterocycles. The van der Waals surface area contributed by atoms with Crippen molar-refractivity contribution in [1.29, 1.82) is 0 Å². The number of hydrogen-bond donors (Lipinski definition) is 1. The van der Waals surface area contributed by atoms with Crippen molar-refractivity contribution >= 4 is 0 Å². The van der Waals surface area contributed by atoms with Gasteiger partial charge in [-0.3, -0.25) is 0 Å². The second-order valence-electron chi connectivity index (χ2n) is 5.05. The van der Waals surface area contributed by atoms with Crippen LogP contribution in [0.4, 0.5) is 4.39 Å². The van der Waals surface area contributed by atoms with Gasteiger partial charge < -0.3 is 10.1 Å². The van der Waals surface area contributed by atoms with Crippen LogP contribution in [0, 0.1) is 5.82 Å². The molecule has 2 rings (SSSR count). The van der Waals surface area contributed by atoms with E-state index in [9.17, 15) is 4.39 Å². The first-order valence-corrected chi connectivity index (χ1v) is 7.33. The lowest BCUT2D eigenvalue weighted by Crippen LogP contribution is -2.29. The van der Waals surface area contributed by atoms with Gasteiger partial charge in [-0.2, -0.15) is 0 Å². The summed E-state index contributed by atoms with van der Waals surface area (Å²) in [4.78, 5) is 0. The first kappa shape index (κ1) is 15.7. The summed E-state index contributed by atoms with van der Waals surface area (Å²) in [5.74, 6) is -0.221. The molecule has 0 amide bonds. The van der Waals surface area contributed by atoms with Gasteiger partial charge in [0.2, 0.25) is 0 Å². The monoisotopic (exact) mass is 287 g/mol. The van der Waals surface area contributed by atoms with E-state index >= 15 is 0 Å². The van der Waals surface area contributed by atoms with E-state index in [4.69, 9.17) is 4.74 Å². The molecular formula is C18H22FNO. The molecule has 1 N–H and O–H groups in total. The third-order valence-corrected chi connectivity index (χ3v) is 3.53. The highest BCUT2D eigenvalue weighted by Crippen LogP contribution is 2.31. The first-order chi connectivity index (χ1) is 10.3. The Morgan fingerprint density at radius 1 is 1.00 bits per heavy atom. The lowest BCUT2D eigenvalue weighted by atomic mass is 9.95. The van der Waals surface area contributed by atoms with Crippen molar-refractivity contribution < 1.29 is 9.13 Å². The molecule has 21 heavy (non-hydrogen) atoms. The number of hydrogen-bond acceptors (Lipinski definition) is 2. The van der Waals surface area contributed by atoms with Crippen molar-refractivity contribution in [2.45, 2.75) is 25.5 Å². The smallest absolute Gasteiger partial charge is 0.123 e. The fraction of sp³-hybridized carbons (Fsp3) is 0.333. The molecule has 0 heterocycles. The minimum atomic E-state index is -0.221. The summed E-state index contributed by atoms with van der Waals surface area (Å²) in [5, 5.41) is 3.51. The number of nitrogens with one attached hydrogen (secondary N) is 1. The van der Waals surface area contributed by atoms with Gasteiger partial charge in [-0.1, -0.05) is 49.4 Å². The van der Waals surface area contributed by atoms with Crippen LogP contribution < -0.4 is 5.32 Å². The van der Waals surface area contributed by atoms with Crippen molar-refractivity contribution in [2.24, 2.45) is 0 Å². The van der Waals surface area contributed by atoms with Gasteiger partial charge in [-0.05, 0) is 36.2 Å². The molecule has 0 saturated heterocycles. The van der Waals surface area contributed by atoms with E-state index in [-0.39, 0.29) is 18.0 Å². The average molecular weight is 287 g/mol.